The molecule has 0 atom stereocenters. The molecule has 0 fully saturated rings. The minimum Gasteiger partial charge on any atom is -0.344 e. The number of para-hydroxylation sites is 1. The highest BCUT2D eigenvalue weighted by Gasteiger charge is 2.38. The molecule has 0 saturated heterocycles. The fourth-order valence-corrected chi connectivity index (χ4v) is 1.34. The monoisotopic (exact) mass is 285 g/mol. The molecule has 1 aromatic carbocycles. The third kappa shape index (κ3) is 4.61. The largest absolute Gasteiger partial charge is 0.471 e. The molecule has 1 rings (SSSR count). The van der Waals surface area contributed by atoms with E-state index in [0.717, 1.165) is 0 Å². The third-order valence-electron chi connectivity index (χ3n) is 2.23. The maximum absolute atomic E-state index is 12.0. The van der Waals surface area contributed by atoms with E-state index in [-0.39, 0.29) is 18.7 Å². The third-order valence-corrected chi connectivity index (χ3v) is 2.23. The molecule has 106 valence electrons. The van der Waals surface area contributed by atoms with Gasteiger partial charge in [0.05, 0.1) is 6.07 Å². The number of carbonyl (C=O) groups excluding carboxylic acids is 2. The summed E-state index contributed by atoms with van der Waals surface area (Å²) in [6.45, 7) is -0.388. The molecule has 0 spiro atoms. The van der Waals surface area contributed by atoms with Gasteiger partial charge in [0, 0.05) is 12.2 Å². The minimum atomic E-state index is -4.96. The van der Waals surface area contributed by atoms with E-state index in [1.54, 1.807) is 23.5 Å². The van der Waals surface area contributed by atoms with Gasteiger partial charge in [-0.05, 0) is 11.6 Å². The van der Waals surface area contributed by atoms with Crippen LogP contribution >= 0.6 is 0 Å². The number of anilines is 1. The van der Waals surface area contributed by atoms with Gasteiger partial charge in [-0.2, -0.15) is 18.4 Å². The second-order valence-electron chi connectivity index (χ2n) is 3.72. The number of hydrogen-bond donors (Lipinski definition) is 2. The molecule has 20 heavy (non-hydrogen) atoms. The number of benzene rings is 1. The Bertz CT molecular complexity index is 550. The van der Waals surface area contributed by atoms with Crippen LogP contribution in [0.1, 0.15) is 12.0 Å². The number of halogens is 3. The van der Waals surface area contributed by atoms with Gasteiger partial charge in [0.1, 0.15) is 6.42 Å². The van der Waals surface area contributed by atoms with Gasteiger partial charge in [0.2, 0.25) is 5.91 Å². The molecule has 0 radical (unpaired) electrons. The summed E-state index contributed by atoms with van der Waals surface area (Å²) in [4.78, 5) is 22.0. The SMILES string of the molecule is N#CCC(=O)Nc1ccccc1CNC(=O)C(F)(F)F. The lowest BCUT2D eigenvalue weighted by Crippen LogP contribution is -2.36. The molecular formula is C12H10F3N3O2. The Hall–Kier alpha value is -2.56. The van der Waals surface area contributed by atoms with Crippen LogP contribution in [0.15, 0.2) is 24.3 Å². The van der Waals surface area contributed by atoms with Crippen molar-refractivity contribution in [2.75, 3.05) is 5.32 Å². The molecule has 0 aromatic heterocycles. The fraction of sp³-hybridized carbons (Fsp3) is 0.250. The van der Waals surface area contributed by atoms with E-state index < -0.39 is 18.0 Å². The number of amides is 2. The number of hydrogen-bond acceptors (Lipinski definition) is 3. The summed E-state index contributed by atoms with van der Waals surface area (Å²) in [5.74, 6) is -2.64. The Labute approximate surface area is 112 Å². The molecule has 0 bridgehead atoms. The van der Waals surface area contributed by atoms with Crippen molar-refractivity contribution >= 4 is 17.5 Å². The molecule has 0 aliphatic carbocycles. The van der Waals surface area contributed by atoms with Crippen LogP contribution in [0.2, 0.25) is 0 Å². The normalized spacial score (nSPS) is 10.5. The van der Waals surface area contributed by atoms with Crippen LogP contribution in [-0.2, 0) is 16.1 Å². The Morgan fingerprint density at radius 3 is 2.50 bits per heavy atom. The van der Waals surface area contributed by atoms with Gasteiger partial charge in [-0.3, -0.25) is 9.59 Å². The van der Waals surface area contributed by atoms with Crippen molar-refractivity contribution in [2.24, 2.45) is 0 Å². The molecule has 0 aliphatic heterocycles. The summed E-state index contributed by atoms with van der Waals surface area (Å²) in [6, 6.07) is 7.68. The highest BCUT2D eigenvalue weighted by molar-refractivity contribution is 5.92. The van der Waals surface area contributed by atoms with Gasteiger partial charge in [-0.1, -0.05) is 18.2 Å². The van der Waals surface area contributed by atoms with E-state index in [4.69, 9.17) is 5.26 Å². The lowest BCUT2D eigenvalue weighted by Gasteiger charge is -2.12. The fourth-order valence-electron chi connectivity index (χ4n) is 1.34. The Balaban J connectivity index is 2.74. The zero-order valence-corrected chi connectivity index (χ0v) is 10.1. The number of alkyl halides is 3. The van der Waals surface area contributed by atoms with E-state index in [9.17, 15) is 22.8 Å². The molecule has 2 N–H and O–H groups in total. The molecule has 5 nitrogen and oxygen atoms in total. The Morgan fingerprint density at radius 1 is 1.25 bits per heavy atom. The molecule has 0 unspecified atom stereocenters. The van der Waals surface area contributed by atoms with Gasteiger partial charge in [0.15, 0.2) is 0 Å². The van der Waals surface area contributed by atoms with Crippen molar-refractivity contribution < 1.29 is 22.8 Å². The van der Waals surface area contributed by atoms with Crippen LogP contribution < -0.4 is 10.6 Å². The van der Waals surface area contributed by atoms with Gasteiger partial charge in [0.25, 0.3) is 0 Å². The first-order valence-electron chi connectivity index (χ1n) is 5.44. The van der Waals surface area contributed by atoms with Crippen LogP contribution in [0, 0.1) is 11.3 Å². The topological polar surface area (TPSA) is 82.0 Å². The summed E-state index contributed by atoms with van der Waals surface area (Å²) in [6.07, 6.45) is -5.33. The molecule has 0 saturated carbocycles. The zero-order chi connectivity index (χ0) is 15.2. The second-order valence-corrected chi connectivity index (χ2v) is 3.72. The maximum Gasteiger partial charge on any atom is 0.471 e. The van der Waals surface area contributed by atoms with Crippen molar-refractivity contribution in [3.63, 3.8) is 0 Å². The number of nitriles is 1. The van der Waals surface area contributed by atoms with Crippen molar-refractivity contribution in [2.45, 2.75) is 19.1 Å². The summed E-state index contributed by atoms with van der Waals surface area (Å²) in [7, 11) is 0. The number of nitrogens with one attached hydrogen (secondary N) is 2. The second kappa shape index (κ2) is 6.56. The van der Waals surface area contributed by atoms with Crippen LogP contribution in [0.3, 0.4) is 0 Å². The van der Waals surface area contributed by atoms with Crippen molar-refractivity contribution in [3.8, 4) is 6.07 Å². The van der Waals surface area contributed by atoms with E-state index in [2.05, 4.69) is 5.32 Å². The quantitative estimate of drug-likeness (QED) is 0.883. The van der Waals surface area contributed by atoms with E-state index >= 15 is 0 Å². The number of nitrogens with zero attached hydrogens (tertiary/aromatic N) is 1. The van der Waals surface area contributed by atoms with Crippen molar-refractivity contribution in [3.05, 3.63) is 29.8 Å². The van der Waals surface area contributed by atoms with E-state index in [1.807, 2.05) is 0 Å². The van der Waals surface area contributed by atoms with Crippen LogP contribution in [-0.4, -0.2) is 18.0 Å². The average molecular weight is 285 g/mol. The summed E-state index contributed by atoms with van der Waals surface area (Å²) < 4.78 is 36.1. The summed E-state index contributed by atoms with van der Waals surface area (Å²) >= 11 is 0. The van der Waals surface area contributed by atoms with Gasteiger partial charge in [-0.15, -0.1) is 0 Å². The van der Waals surface area contributed by atoms with Gasteiger partial charge >= 0.3 is 12.1 Å². The maximum atomic E-state index is 12.0. The summed E-state index contributed by atoms with van der Waals surface area (Å²) in [5.41, 5.74) is 0.548. The van der Waals surface area contributed by atoms with Crippen molar-refractivity contribution in [1.29, 1.82) is 5.26 Å². The Morgan fingerprint density at radius 2 is 1.90 bits per heavy atom. The van der Waals surface area contributed by atoms with E-state index in [1.165, 1.54) is 12.1 Å². The highest BCUT2D eigenvalue weighted by atomic mass is 19.4. The van der Waals surface area contributed by atoms with Gasteiger partial charge in [-0.25, -0.2) is 0 Å². The van der Waals surface area contributed by atoms with Crippen molar-refractivity contribution in [1.82, 2.24) is 5.32 Å². The minimum absolute atomic E-state index is 0.246. The van der Waals surface area contributed by atoms with Crippen LogP contribution in [0.5, 0.6) is 0 Å². The smallest absolute Gasteiger partial charge is 0.344 e. The molecular weight excluding hydrogens is 275 g/mol. The van der Waals surface area contributed by atoms with E-state index in [0.29, 0.717) is 5.56 Å². The molecule has 0 heterocycles. The first-order valence-corrected chi connectivity index (χ1v) is 5.44. The first-order chi connectivity index (χ1) is 9.34. The first kappa shape index (κ1) is 15.5. The Kier molecular flexibility index (Phi) is 5.08. The molecule has 0 aliphatic rings. The zero-order valence-electron chi connectivity index (χ0n) is 10.1. The predicted molar refractivity (Wildman–Crippen MR) is 63.2 cm³/mol. The lowest BCUT2D eigenvalue weighted by atomic mass is 10.1. The summed E-state index contributed by atoms with van der Waals surface area (Å²) in [5, 5.41) is 12.4. The van der Waals surface area contributed by atoms with Crippen LogP contribution in [0.4, 0.5) is 18.9 Å². The standard InChI is InChI=1S/C12H10F3N3O2/c13-12(14,15)11(20)17-7-8-3-1-2-4-9(8)18-10(19)5-6-16/h1-4H,5,7H2,(H,17,20)(H,18,19). The van der Waals surface area contributed by atoms with Gasteiger partial charge < -0.3 is 10.6 Å². The molecule has 8 heteroatoms. The number of rotatable bonds is 4. The number of carbonyl (C=O) groups is 2. The predicted octanol–water partition coefficient (Wildman–Crippen LogP) is 1.72. The molecule has 2 amide bonds. The molecule has 1 aromatic rings. The lowest BCUT2D eigenvalue weighted by molar-refractivity contribution is -0.173. The highest BCUT2D eigenvalue weighted by Crippen LogP contribution is 2.17. The average Bonchev–Trinajstić information content (AvgIpc) is 2.36. The van der Waals surface area contributed by atoms with Crippen LogP contribution in [0.25, 0.3) is 0 Å².